The molecule has 6 heteroatoms. The smallest absolute Gasteiger partial charge is 0.331 e. The molecular formula is C28H31N3O3. The molecule has 0 fully saturated rings. The Labute approximate surface area is 199 Å². The average molecular weight is 458 g/mol. The van der Waals surface area contributed by atoms with Crippen LogP contribution in [0.2, 0.25) is 0 Å². The summed E-state index contributed by atoms with van der Waals surface area (Å²) in [4.78, 5) is 26.7. The summed E-state index contributed by atoms with van der Waals surface area (Å²) in [5, 5.41) is 0.553. The molecule has 1 aliphatic rings. The zero-order chi connectivity index (χ0) is 24.4. The van der Waals surface area contributed by atoms with Crippen LogP contribution in [0.3, 0.4) is 0 Å². The van der Waals surface area contributed by atoms with Crippen LogP contribution in [-0.4, -0.2) is 20.3 Å². The molecule has 0 bridgehead atoms. The quantitative estimate of drug-likeness (QED) is 0.457. The Morgan fingerprint density at radius 2 is 1.62 bits per heavy atom. The van der Waals surface area contributed by atoms with Gasteiger partial charge in [-0.1, -0.05) is 61.0 Å². The van der Waals surface area contributed by atoms with E-state index in [2.05, 4.69) is 73.9 Å². The molecule has 0 saturated carbocycles. The van der Waals surface area contributed by atoms with Gasteiger partial charge < -0.3 is 9.30 Å². The Bertz CT molecular complexity index is 1520. The second-order valence-electron chi connectivity index (χ2n) is 9.96. The number of nitrogens with zero attached hydrogens (tertiary/aromatic N) is 3. The zero-order valence-corrected chi connectivity index (χ0v) is 20.7. The number of ether oxygens (including phenoxy) is 1. The number of hydrogen-bond acceptors (Lipinski definition) is 3. The van der Waals surface area contributed by atoms with E-state index in [-0.39, 0.29) is 11.2 Å². The first kappa shape index (κ1) is 22.4. The first-order valence-electron chi connectivity index (χ1n) is 11.8. The van der Waals surface area contributed by atoms with E-state index >= 15 is 0 Å². The van der Waals surface area contributed by atoms with Crippen LogP contribution in [0, 0.1) is 6.92 Å². The molecule has 1 atom stereocenters. The number of benzene rings is 2. The van der Waals surface area contributed by atoms with Gasteiger partial charge in [-0.15, -0.1) is 0 Å². The summed E-state index contributed by atoms with van der Waals surface area (Å²) in [7, 11) is 3.28. The molecule has 5 rings (SSSR count). The molecular weight excluding hydrogens is 426 g/mol. The number of rotatable bonds is 3. The van der Waals surface area contributed by atoms with Gasteiger partial charge in [-0.25, -0.2) is 4.79 Å². The van der Waals surface area contributed by atoms with Crippen molar-refractivity contribution in [2.24, 2.45) is 14.1 Å². The largest absolute Gasteiger partial charge is 0.365 e. The van der Waals surface area contributed by atoms with Crippen molar-refractivity contribution in [3.8, 4) is 11.3 Å². The molecule has 1 aliphatic heterocycles. The molecule has 0 N–H and O–H groups in total. The Morgan fingerprint density at radius 1 is 0.971 bits per heavy atom. The lowest BCUT2D eigenvalue weighted by Crippen LogP contribution is -2.40. The minimum atomic E-state index is -0.421. The maximum Gasteiger partial charge on any atom is 0.331 e. The van der Waals surface area contributed by atoms with Crippen LogP contribution in [0.4, 0.5) is 0 Å². The van der Waals surface area contributed by atoms with Crippen LogP contribution in [0.1, 0.15) is 49.3 Å². The van der Waals surface area contributed by atoms with E-state index in [0.717, 1.165) is 34.5 Å². The number of hydrogen-bond donors (Lipinski definition) is 0. The maximum absolute atomic E-state index is 13.6. The minimum absolute atomic E-state index is 0.286. The van der Waals surface area contributed by atoms with E-state index in [0.29, 0.717) is 17.5 Å². The lowest BCUT2D eigenvalue weighted by atomic mass is 9.97. The molecule has 4 aromatic rings. The molecule has 2 aromatic heterocycles. The van der Waals surface area contributed by atoms with Gasteiger partial charge in [-0.05, 0) is 43.9 Å². The van der Waals surface area contributed by atoms with Crippen LogP contribution in [0.15, 0.2) is 58.1 Å². The highest BCUT2D eigenvalue weighted by molar-refractivity contribution is 5.96. The monoisotopic (exact) mass is 457 g/mol. The van der Waals surface area contributed by atoms with Crippen molar-refractivity contribution in [1.82, 2.24) is 13.7 Å². The lowest BCUT2D eigenvalue weighted by molar-refractivity contribution is -0.00707. The van der Waals surface area contributed by atoms with E-state index in [4.69, 9.17) is 4.74 Å². The zero-order valence-electron chi connectivity index (χ0n) is 20.7. The van der Waals surface area contributed by atoms with Crippen molar-refractivity contribution in [2.45, 2.75) is 45.8 Å². The van der Waals surface area contributed by atoms with Gasteiger partial charge >= 0.3 is 5.69 Å². The van der Waals surface area contributed by atoms with Crippen LogP contribution in [-0.2, 0) is 30.8 Å². The highest BCUT2D eigenvalue weighted by Crippen LogP contribution is 2.45. The van der Waals surface area contributed by atoms with Gasteiger partial charge in [0.05, 0.1) is 34.4 Å². The topological polar surface area (TPSA) is 58.2 Å². The first-order valence-corrected chi connectivity index (χ1v) is 11.8. The molecule has 0 spiro atoms. The van der Waals surface area contributed by atoms with Crippen molar-refractivity contribution in [3.05, 3.63) is 91.8 Å². The van der Waals surface area contributed by atoms with Crippen molar-refractivity contribution in [1.29, 1.82) is 0 Å². The Balaban J connectivity index is 1.96. The summed E-state index contributed by atoms with van der Waals surface area (Å²) in [6.45, 7) is 8.89. The predicted molar refractivity (Wildman–Crippen MR) is 136 cm³/mol. The highest BCUT2D eigenvalue weighted by Gasteiger charge is 2.40. The van der Waals surface area contributed by atoms with E-state index in [1.54, 1.807) is 18.7 Å². The summed E-state index contributed by atoms with van der Waals surface area (Å²) >= 11 is 0. The van der Waals surface area contributed by atoms with Crippen molar-refractivity contribution in [3.63, 3.8) is 0 Å². The van der Waals surface area contributed by atoms with E-state index in [1.807, 2.05) is 6.92 Å². The molecule has 34 heavy (non-hydrogen) atoms. The molecule has 0 radical (unpaired) electrons. The van der Waals surface area contributed by atoms with Crippen molar-refractivity contribution < 1.29 is 4.74 Å². The molecule has 0 saturated heterocycles. The van der Waals surface area contributed by atoms with Gasteiger partial charge in [0.1, 0.15) is 6.10 Å². The molecule has 0 aliphatic carbocycles. The van der Waals surface area contributed by atoms with Crippen molar-refractivity contribution >= 4 is 10.9 Å². The first-order chi connectivity index (χ1) is 16.2. The fourth-order valence-electron chi connectivity index (χ4n) is 5.16. The molecule has 3 heterocycles. The Kier molecular flexibility index (Phi) is 5.17. The van der Waals surface area contributed by atoms with Gasteiger partial charge in [0.15, 0.2) is 0 Å². The molecule has 2 aromatic carbocycles. The third-order valence-corrected chi connectivity index (χ3v) is 7.08. The second kappa shape index (κ2) is 7.84. The summed E-state index contributed by atoms with van der Waals surface area (Å²) in [6.07, 6.45) is 0.568. The van der Waals surface area contributed by atoms with E-state index in [9.17, 15) is 9.59 Å². The summed E-state index contributed by atoms with van der Waals surface area (Å²) in [5.74, 6) is 0. The number of fused-ring (bicyclic) bond motifs is 3. The normalized spacial score (nSPS) is 17.2. The lowest BCUT2D eigenvalue weighted by Gasteiger charge is -2.39. The summed E-state index contributed by atoms with van der Waals surface area (Å²) in [6, 6.07) is 16.6. The van der Waals surface area contributed by atoms with Gasteiger partial charge in [0.2, 0.25) is 0 Å². The average Bonchev–Trinajstić information content (AvgIpc) is 3.20. The molecule has 176 valence electrons. The third-order valence-electron chi connectivity index (χ3n) is 7.08. The highest BCUT2D eigenvalue weighted by atomic mass is 16.5. The maximum atomic E-state index is 13.6. The van der Waals surface area contributed by atoms with E-state index in [1.165, 1.54) is 10.1 Å². The van der Waals surface area contributed by atoms with Gasteiger partial charge in [0, 0.05) is 14.1 Å². The Morgan fingerprint density at radius 3 is 2.24 bits per heavy atom. The van der Waals surface area contributed by atoms with Crippen LogP contribution in [0.25, 0.3) is 22.2 Å². The van der Waals surface area contributed by atoms with Gasteiger partial charge in [0.25, 0.3) is 5.56 Å². The third kappa shape index (κ3) is 3.20. The minimum Gasteiger partial charge on any atom is -0.365 e. The van der Waals surface area contributed by atoms with Crippen molar-refractivity contribution in [2.75, 3.05) is 6.61 Å². The van der Waals surface area contributed by atoms with Gasteiger partial charge in [-0.2, -0.15) is 0 Å². The van der Waals surface area contributed by atoms with E-state index < -0.39 is 11.6 Å². The fourth-order valence-corrected chi connectivity index (χ4v) is 5.16. The fraction of sp³-hybridized carbons (Fsp3) is 0.357. The Hall–Kier alpha value is -3.38. The number of aromatic nitrogens is 3. The predicted octanol–water partition coefficient (Wildman–Crippen LogP) is 4.43. The second-order valence-corrected chi connectivity index (χ2v) is 9.96. The standard InChI is InChI=1S/C28H31N3O3/c1-7-18-10-14-20(15-11-18)25-24-23-21(26(32)30(6)27(33)29(23)5)22(19-12-8-17(2)9-13-19)31(24)28(3,4)16-34-25/h8-15,25H,7,16H2,1-6H3/t25-/m1/s1. The van der Waals surface area contributed by atoms with Crippen LogP contribution < -0.4 is 11.2 Å². The number of aryl methyl sites for hydroxylation is 3. The summed E-state index contributed by atoms with van der Waals surface area (Å²) in [5.41, 5.74) is 5.64. The van der Waals surface area contributed by atoms with Crippen LogP contribution >= 0.6 is 0 Å². The molecule has 6 nitrogen and oxygen atoms in total. The molecule has 0 amide bonds. The SMILES string of the molecule is CCc1ccc([C@H]2OCC(C)(C)n3c(-c4ccc(C)cc4)c4c(=O)n(C)c(=O)n(C)c4c32)cc1. The van der Waals surface area contributed by atoms with Crippen LogP contribution in [0.5, 0.6) is 0 Å². The van der Waals surface area contributed by atoms with Gasteiger partial charge in [-0.3, -0.25) is 13.9 Å². The molecule has 0 unspecified atom stereocenters. The summed E-state index contributed by atoms with van der Waals surface area (Å²) < 4.78 is 11.5.